The quantitative estimate of drug-likeness (QED) is 0.883. The molecule has 7 heteroatoms. The van der Waals surface area contributed by atoms with E-state index in [0.29, 0.717) is 16.6 Å². The van der Waals surface area contributed by atoms with Gasteiger partial charge < -0.3 is 20.9 Å². The number of hydrogen-bond acceptors (Lipinski definition) is 6. The van der Waals surface area contributed by atoms with E-state index in [0.717, 1.165) is 31.3 Å². The monoisotopic (exact) mass is 311 g/mol. The number of likely N-dealkylation sites (N-methyl/N-ethyl adjacent to an activating group) is 1. The molecule has 3 N–H and O–H groups in total. The molecule has 1 aromatic heterocycles. The number of amides is 1. The van der Waals surface area contributed by atoms with Crippen LogP contribution in [0.2, 0.25) is 0 Å². The van der Waals surface area contributed by atoms with E-state index >= 15 is 0 Å². The first-order valence-electron chi connectivity index (χ1n) is 7.38. The second kappa shape index (κ2) is 6.62. The minimum Gasteiger partial charge on any atom is -0.382 e. The molecule has 0 radical (unpaired) electrons. The third-order valence-corrected chi connectivity index (χ3v) is 4.62. The van der Waals surface area contributed by atoms with E-state index in [2.05, 4.69) is 43.0 Å². The highest BCUT2D eigenvalue weighted by atomic mass is 32.1. The van der Waals surface area contributed by atoms with Gasteiger partial charge in [0.05, 0.1) is 0 Å². The zero-order chi connectivity index (χ0) is 15.6. The van der Waals surface area contributed by atoms with E-state index in [1.165, 1.54) is 11.3 Å². The minimum atomic E-state index is 0.00296. The average molecular weight is 311 g/mol. The Morgan fingerprint density at radius 3 is 2.86 bits per heavy atom. The fourth-order valence-electron chi connectivity index (χ4n) is 2.42. The van der Waals surface area contributed by atoms with Crippen LogP contribution < -0.4 is 11.1 Å². The van der Waals surface area contributed by atoms with E-state index in [-0.39, 0.29) is 11.9 Å². The highest BCUT2D eigenvalue weighted by molar-refractivity contribution is 7.18. The molecule has 1 aromatic rings. The number of anilines is 2. The van der Waals surface area contributed by atoms with Crippen molar-refractivity contribution in [2.24, 2.45) is 5.92 Å². The summed E-state index contributed by atoms with van der Waals surface area (Å²) < 4.78 is 0. The molecule has 0 saturated carbocycles. The van der Waals surface area contributed by atoms with Crippen LogP contribution in [0.5, 0.6) is 0 Å². The van der Waals surface area contributed by atoms with E-state index < -0.39 is 0 Å². The van der Waals surface area contributed by atoms with Crippen LogP contribution in [-0.2, 0) is 0 Å². The second-order valence-corrected chi connectivity index (χ2v) is 7.12. The topological polar surface area (TPSA) is 74.5 Å². The van der Waals surface area contributed by atoms with E-state index in [4.69, 9.17) is 5.73 Å². The molecule has 1 aliphatic rings. The number of nitrogen functional groups attached to an aromatic ring is 1. The number of hydrogen-bond donors (Lipinski definition) is 2. The predicted octanol–water partition coefficient (Wildman–Crippen LogP) is 1.57. The van der Waals surface area contributed by atoms with E-state index in [1.807, 2.05) is 4.90 Å². The molecule has 2 rings (SSSR count). The summed E-state index contributed by atoms with van der Waals surface area (Å²) in [6, 6.07) is 0.199. The average Bonchev–Trinajstić information content (AvgIpc) is 2.77. The Kier molecular flexibility index (Phi) is 5.05. The van der Waals surface area contributed by atoms with Crippen molar-refractivity contribution in [2.75, 3.05) is 44.3 Å². The molecule has 0 bridgehead atoms. The number of aromatic nitrogens is 1. The van der Waals surface area contributed by atoms with E-state index in [9.17, 15) is 4.79 Å². The van der Waals surface area contributed by atoms with Crippen LogP contribution in [0.4, 0.5) is 10.9 Å². The molecule has 1 aliphatic heterocycles. The van der Waals surface area contributed by atoms with Gasteiger partial charge in [-0.3, -0.25) is 4.79 Å². The first-order valence-corrected chi connectivity index (χ1v) is 8.19. The maximum atomic E-state index is 12.7. The van der Waals surface area contributed by atoms with Crippen molar-refractivity contribution in [3.8, 4) is 0 Å². The molecule has 0 aromatic carbocycles. The fourth-order valence-corrected chi connectivity index (χ4v) is 3.27. The Balaban J connectivity index is 2.08. The Labute approximate surface area is 130 Å². The number of nitrogens with one attached hydrogen (secondary N) is 1. The molecule has 1 atom stereocenters. The van der Waals surface area contributed by atoms with Gasteiger partial charge >= 0.3 is 0 Å². The van der Waals surface area contributed by atoms with Crippen LogP contribution in [0.3, 0.4) is 0 Å². The molecule has 2 heterocycles. The molecular weight excluding hydrogens is 286 g/mol. The van der Waals surface area contributed by atoms with Crippen molar-refractivity contribution < 1.29 is 4.79 Å². The van der Waals surface area contributed by atoms with Crippen LogP contribution in [0.25, 0.3) is 0 Å². The van der Waals surface area contributed by atoms with Gasteiger partial charge in [-0.05, 0) is 19.9 Å². The zero-order valence-electron chi connectivity index (χ0n) is 13.2. The normalized spacial score (nSPS) is 20.0. The van der Waals surface area contributed by atoms with Gasteiger partial charge in [-0.15, -0.1) is 0 Å². The maximum absolute atomic E-state index is 12.7. The second-order valence-electron chi connectivity index (χ2n) is 6.12. The lowest BCUT2D eigenvalue weighted by molar-refractivity contribution is 0.0539. The van der Waals surface area contributed by atoms with Crippen LogP contribution in [0, 0.1) is 5.92 Å². The van der Waals surface area contributed by atoms with Crippen molar-refractivity contribution in [3.63, 3.8) is 0 Å². The van der Waals surface area contributed by atoms with Crippen LogP contribution in [0.1, 0.15) is 30.4 Å². The molecule has 6 nitrogen and oxygen atoms in total. The lowest BCUT2D eigenvalue weighted by atomic mass is 10.2. The third kappa shape index (κ3) is 3.85. The van der Waals surface area contributed by atoms with Gasteiger partial charge in [0.2, 0.25) is 0 Å². The first kappa shape index (κ1) is 16.0. The Morgan fingerprint density at radius 1 is 1.52 bits per heavy atom. The standard InChI is InChI=1S/C14H25N5OS/c1-9(2)7-16-14-17-12(15)11(21-14)13(20)19-6-5-18(4)8-10(19)3/h9-10H,5-8,15H2,1-4H3,(H,16,17). The van der Waals surface area contributed by atoms with Crippen molar-refractivity contribution in [2.45, 2.75) is 26.8 Å². The van der Waals surface area contributed by atoms with Gasteiger partial charge in [-0.1, -0.05) is 25.2 Å². The molecule has 21 heavy (non-hydrogen) atoms. The summed E-state index contributed by atoms with van der Waals surface area (Å²) in [6.45, 7) is 9.68. The van der Waals surface area contributed by atoms with Gasteiger partial charge in [0.15, 0.2) is 5.13 Å². The van der Waals surface area contributed by atoms with Crippen LogP contribution in [-0.4, -0.2) is 60.0 Å². The molecule has 1 saturated heterocycles. The number of piperazine rings is 1. The Hall–Kier alpha value is -1.34. The lowest BCUT2D eigenvalue weighted by Crippen LogP contribution is -2.52. The molecule has 0 spiro atoms. The summed E-state index contributed by atoms with van der Waals surface area (Å²) in [7, 11) is 2.08. The van der Waals surface area contributed by atoms with Gasteiger partial charge in [-0.2, -0.15) is 0 Å². The lowest BCUT2D eigenvalue weighted by Gasteiger charge is -2.37. The van der Waals surface area contributed by atoms with Gasteiger partial charge in [0, 0.05) is 32.2 Å². The van der Waals surface area contributed by atoms with Crippen LogP contribution >= 0.6 is 11.3 Å². The SMILES string of the molecule is CC(C)CNc1nc(N)c(C(=O)N2CCN(C)CC2C)s1. The fraction of sp³-hybridized carbons (Fsp3) is 0.714. The van der Waals surface area contributed by atoms with Gasteiger partial charge in [-0.25, -0.2) is 4.98 Å². The van der Waals surface area contributed by atoms with Gasteiger partial charge in [0.1, 0.15) is 10.7 Å². The predicted molar refractivity (Wildman–Crippen MR) is 87.8 cm³/mol. The summed E-state index contributed by atoms with van der Waals surface area (Å²) in [5.41, 5.74) is 5.93. The summed E-state index contributed by atoms with van der Waals surface area (Å²) >= 11 is 1.35. The van der Waals surface area contributed by atoms with Crippen molar-refractivity contribution >= 4 is 28.2 Å². The molecule has 1 fully saturated rings. The third-order valence-electron chi connectivity index (χ3n) is 3.60. The number of carbonyl (C=O) groups is 1. The van der Waals surface area contributed by atoms with Gasteiger partial charge in [0.25, 0.3) is 5.91 Å². The number of rotatable bonds is 4. The smallest absolute Gasteiger partial charge is 0.268 e. The van der Waals surface area contributed by atoms with Crippen molar-refractivity contribution in [3.05, 3.63) is 4.88 Å². The maximum Gasteiger partial charge on any atom is 0.268 e. The molecular formula is C14H25N5OS. The summed E-state index contributed by atoms with van der Waals surface area (Å²) in [6.07, 6.45) is 0. The highest BCUT2D eigenvalue weighted by Gasteiger charge is 2.29. The molecule has 1 unspecified atom stereocenters. The molecule has 0 aliphatic carbocycles. The number of carbonyl (C=O) groups excluding carboxylic acids is 1. The molecule has 118 valence electrons. The number of nitrogens with two attached hydrogens (primary N) is 1. The Bertz CT molecular complexity index is 502. The number of nitrogens with zero attached hydrogens (tertiary/aromatic N) is 3. The van der Waals surface area contributed by atoms with Crippen molar-refractivity contribution in [1.82, 2.24) is 14.8 Å². The zero-order valence-corrected chi connectivity index (χ0v) is 14.0. The summed E-state index contributed by atoms with van der Waals surface area (Å²) in [5.74, 6) is 0.859. The highest BCUT2D eigenvalue weighted by Crippen LogP contribution is 2.27. The summed E-state index contributed by atoms with van der Waals surface area (Å²) in [5, 5.41) is 3.96. The van der Waals surface area contributed by atoms with Crippen LogP contribution in [0.15, 0.2) is 0 Å². The Morgan fingerprint density at radius 2 is 2.24 bits per heavy atom. The van der Waals surface area contributed by atoms with Crippen molar-refractivity contribution in [1.29, 1.82) is 0 Å². The number of thiazole rings is 1. The first-order chi connectivity index (χ1) is 9.88. The van der Waals surface area contributed by atoms with E-state index in [1.54, 1.807) is 0 Å². The minimum absolute atomic E-state index is 0.00296. The summed E-state index contributed by atoms with van der Waals surface area (Å²) in [4.78, 5) is 21.6. The molecule has 1 amide bonds. The largest absolute Gasteiger partial charge is 0.382 e.